The Hall–Kier alpha value is -0.130. The summed E-state index contributed by atoms with van der Waals surface area (Å²) in [6.45, 7) is 4.27. The number of aromatic nitrogens is 3. The van der Waals surface area contributed by atoms with E-state index < -0.39 is 0 Å². The molecule has 1 rings (SSSR count). The van der Waals surface area contributed by atoms with Crippen LogP contribution < -0.4 is 0 Å². The zero-order chi connectivity index (χ0) is 7.56. The normalized spacial score (nSPS) is 13.5. The van der Waals surface area contributed by atoms with E-state index in [1.54, 1.807) is 6.33 Å². The van der Waals surface area contributed by atoms with E-state index in [9.17, 15) is 0 Å². The summed E-state index contributed by atoms with van der Waals surface area (Å²) in [6.07, 6.45) is 2.87. The van der Waals surface area contributed by atoms with Gasteiger partial charge in [0, 0.05) is 22.6 Å². The Morgan fingerprint density at radius 2 is 2.50 bits per heavy atom. The average Bonchev–Trinajstić information content (AvgIpc) is 2.34. The molecule has 1 aromatic heterocycles. The van der Waals surface area contributed by atoms with Crippen LogP contribution in [0, 0.1) is 3.83 Å². The van der Waals surface area contributed by atoms with Gasteiger partial charge in [-0.2, -0.15) is 0 Å². The van der Waals surface area contributed by atoms with Crippen LogP contribution in [-0.2, 0) is 0 Å². The van der Waals surface area contributed by atoms with Gasteiger partial charge in [0.15, 0.2) is 0 Å². The number of hydrogen-bond donors (Lipinski definition) is 0. The highest BCUT2D eigenvalue weighted by Crippen LogP contribution is 2.07. The molecule has 0 bridgehead atoms. The van der Waals surface area contributed by atoms with Crippen LogP contribution in [0.25, 0.3) is 0 Å². The van der Waals surface area contributed by atoms with Gasteiger partial charge in [0.1, 0.15) is 6.33 Å². The molecule has 0 N–H and O–H groups in total. The minimum Gasteiger partial charge on any atom is -0.249 e. The number of halogens is 1. The summed E-state index contributed by atoms with van der Waals surface area (Å²) in [5, 5.41) is 4.17. The van der Waals surface area contributed by atoms with E-state index in [0.717, 1.165) is 10.3 Å². The first-order valence-corrected chi connectivity index (χ1v) is 4.38. The maximum atomic E-state index is 4.17. The molecule has 3 nitrogen and oxygen atoms in total. The Morgan fingerprint density at radius 3 is 2.90 bits per heavy atom. The number of rotatable bonds is 2. The van der Waals surface area contributed by atoms with E-state index in [1.165, 1.54) is 0 Å². The van der Waals surface area contributed by atoms with Crippen molar-refractivity contribution in [2.45, 2.75) is 26.3 Å². The maximum Gasteiger partial charge on any atom is 0.211 e. The van der Waals surface area contributed by atoms with Gasteiger partial charge in [-0.25, -0.2) is 9.67 Å². The van der Waals surface area contributed by atoms with Crippen LogP contribution in [0.1, 0.15) is 26.3 Å². The Labute approximate surface area is 74.0 Å². The Kier molecular flexibility index (Phi) is 2.64. The highest BCUT2D eigenvalue weighted by molar-refractivity contribution is 14.1. The molecule has 1 atom stereocenters. The van der Waals surface area contributed by atoms with Gasteiger partial charge in [-0.1, -0.05) is 6.92 Å². The largest absolute Gasteiger partial charge is 0.249 e. The van der Waals surface area contributed by atoms with Crippen molar-refractivity contribution in [1.29, 1.82) is 0 Å². The van der Waals surface area contributed by atoms with Crippen molar-refractivity contribution in [2.75, 3.05) is 0 Å². The van der Waals surface area contributed by atoms with Gasteiger partial charge in [-0.3, -0.25) is 0 Å². The number of hydrogen-bond acceptors (Lipinski definition) is 2. The lowest BCUT2D eigenvalue weighted by atomic mass is 10.3. The lowest BCUT2D eigenvalue weighted by molar-refractivity contribution is 0.475. The van der Waals surface area contributed by atoms with Crippen LogP contribution in [0.4, 0.5) is 0 Å². The molecule has 10 heavy (non-hydrogen) atoms. The van der Waals surface area contributed by atoms with E-state index in [0.29, 0.717) is 6.04 Å². The summed E-state index contributed by atoms with van der Waals surface area (Å²) >= 11 is 2.11. The smallest absolute Gasteiger partial charge is 0.211 e. The summed E-state index contributed by atoms with van der Waals surface area (Å²) in [6, 6.07) is 0.469. The second-order valence-electron chi connectivity index (χ2n) is 2.25. The molecule has 56 valence electrons. The molecule has 0 radical (unpaired) electrons. The molecule has 0 amide bonds. The second kappa shape index (κ2) is 3.32. The monoisotopic (exact) mass is 251 g/mol. The van der Waals surface area contributed by atoms with Crippen molar-refractivity contribution >= 4 is 22.6 Å². The minimum atomic E-state index is 0.469. The van der Waals surface area contributed by atoms with Crippen LogP contribution in [0.2, 0.25) is 0 Å². The Morgan fingerprint density at radius 1 is 1.80 bits per heavy atom. The third kappa shape index (κ3) is 1.68. The molecule has 0 aromatic carbocycles. The summed E-state index contributed by atoms with van der Waals surface area (Å²) in [7, 11) is 0. The maximum absolute atomic E-state index is 4.17. The fourth-order valence-corrected chi connectivity index (χ4v) is 1.03. The van der Waals surface area contributed by atoms with E-state index in [-0.39, 0.29) is 0 Å². The van der Waals surface area contributed by atoms with Crippen LogP contribution in [0.3, 0.4) is 0 Å². The first kappa shape index (κ1) is 7.97. The zero-order valence-electron chi connectivity index (χ0n) is 6.08. The van der Waals surface area contributed by atoms with Crippen molar-refractivity contribution in [3.05, 3.63) is 10.2 Å². The van der Waals surface area contributed by atoms with Crippen molar-refractivity contribution in [2.24, 2.45) is 0 Å². The van der Waals surface area contributed by atoms with Crippen LogP contribution in [-0.4, -0.2) is 14.8 Å². The fourth-order valence-electron chi connectivity index (χ4n) is 0.653. The van der Waals surface area contributed by atoms with Crippen molar-refractivity contribution < 1.29 is 0 Å². The zero-order valence-corrected chi connectivity index (χ0v) is 8.24. The third-order valence-electron chi connectivity index (χ3n) is 1.52. The summed E-state index contributed by atoms with van der Waals surface area (Å²) in [5.74, 6) is 0. The minimum absolute atomic E-state index is 0.469. The quantitative estimate of drug-likeness (QED) is 0.751. The van der Waals surface area contributed by atoms with E-state index >= 15 is 0 Å². The predicted octanol–water partition coefficient (Wildman–Crippen LogP) is 1.85. The first-order chi connectivity index (χ1) is 4.74. The summed E-state index contributed by atoms with van der Waals surface area (Å²) < 4.78 is 2.71. The Balaban J connectivity index is 2.74. The summed E-state index contributed by atoms with van der Waals surface area (Å²) in [4.78, 5) is 4.02. The molecule has 0 aliphatic carbocycles. The highest BCUT2D eigenvalue weighted by Gasteiger charge is 2.02. The van der Waals surface area contributed by atoms with Gasteiger partial charge in [0.2, 0.25) is 3.83 Å². The van der Waals surface area contributed by atoms with E-state index in [2.05, 4.69) is 46.5 Å². The van der Waals surface area contributed by atoms with E-state index in [1.807, 2.05) is 4.68 Å². The number of nitrogens with zero attached hydrogens (tertiary/aromatic N) is 3. The molecule has 0 saturated carbocycles. The molecule has 1 heterocycles. The van der Waals surface area contributed by atoms with Crippen molar-refractivity contribution in [3.8, 4) is 0 Å². The molecule has 1 aromatic rings. The molecule has 0 spiro atoms. The van der Waals surface area contributed by atoms with Crippen LogP contribution in [0.15, 0.2) is 6.33 Å². The molecular weight excluding hydrogens is 241 g/mol. The Bertz CT molecular complexity index is 209. The topological polar surface area (TPSA) is 30.7 Å². The van der Waals surface area contributed by atoms with E-state index in [4.69, 9.17) is 0 Å². The fraction of sp³-hybridized carbons (Fsp3) is 0.667. The molecule has 0 fully saturated rings. The molecule has 0 saturated heterocycles. The van der Waals surface area contributed by atoms with Gasteiger partial charge in [-0.15, -0.1) is 5.10 Å². The predicted molar refractivity (Wildman–Crippen MR) is 47.7 cm³/mol. The van der Waals surface area contributed by atoms with Gasteiger partial charge in [0.05, 0.1) is 6.04 Å². The lowest BCUT2D eigenvalue weighted by Crippen LogP contribution is -2.03. The van der Waals surface area contributed by atoms with Crippen molar-refractivity contribution in [3.63, 3.8) is 0 Å². The molecule has 0 aliphatic rings. The first-order valence-electron chi connectivity index (χ1n) is 3.30. The van der Waals surface area contributed by atoms with Gasteiger partial charge < -0.3 is 0 Å². The standard InChI is InChI=1S/C6H10IN3/c1-3-5(2)10-4-8-6(7)9-10/h4-5H,3H2,1-2H3. The molecular formula is C6H10IN3. The van der Waals surface area contributed by atoms with Crippen LogP contribution >= 0.6 is 22.6 Å². The molecule has 4 heteroatoms. The van der Waals surface area contributed by atoms with Crippen molar-refractivity contribution in [1.82, 2.24) is 14.8 Å². The summed E-state index contributed by atoms with van der Waals surface area (Å²) in [5.41, 5.74) is 0. The van der Waals surface area contributed by atoms with Gasteiger partial charge in [-0.05, 0) is 13.3 Å². The van der Waals surface area contributed by atoms with Gasteiger partial charge >= 0.3 is 0 Å². The lowest BCUT2D eigenvalue weighted by Gasteiger charge is -2.05. The molecule has 0 aliphatic heterocycles. The van der Waals surface area contributed by atoms with Gasteiger partial charge in [0.25, 0.3) is 0 Å². The average molecular weight is 251 g/mol. The second-order valence-corrected chi connectivity index (χ2v) is 3.22. The SMILES string of the molecule is CCC(C)n1cnc(I)n1. The van der Waals surface area contributed by atoms with Crippen LogP contribution in [0.5, 0.6) is 0 Å². The molecule has 1 unspecified atom stereocenters. The third-order valence-corrected chi connectivity index (χ3v) is 2.02. The highest BCUT2D eigenvalue weighted by atomic mass is 127.